The van der Waals surface area contributed by atoms with Crippen LogP contribution in [-0.4, -0.2) is 59.7 Å². The van der Waals surface area contributed by atoms with Crippen molar-refractivity contribution in [3.8, 4) is 0 Å². The average Bonchev–Trinajstić information content (AvgIpc) is 3.08. The largest absolute Gasteiger partial charge is 0.445 e. The van der Waals surface area contributed by atoms with E-state index in [-0.39, 0.29) is 23.6 Å². The van der Waals surface area contributed by atoms with Crippen molar-refractivity contribution in [1.82, 2.24) is 14.8 Å². The number of amides is 3. The summed E-state index contributed by atoms with van der Waals surface area (Å²) in [6.45, 7) is 4.37. The molecule has 8 heteroatoms. The van der Waals surface area contributed by atoms with E-state index >= 15 is 0 Å². The molecule has 0 saturated carbocycles. The first kappa shape index (κ1) is 20.6. The zero-order chi connectivity index (χ0) is 21.1. The lowest BCUT2D eigenvalue weighted by Crippen LogP contribution is -2.38. The van der Waals surface area contributed by atoms with Crippen molar-refractivity contribution in [2.45, 2.75) is 32.6 Å². The highest BCUT2D eigenvalue weighted by Gasteiger charge is 2.29. The van der Waals surface area contributed by atoms with E-state index in [1.165, 1.54) is 11.8 Å². The Morgan fingerprint density at radius 3 is 2.31 bits per heavy atom. The first-order valence-corrected chi connectivity index (χ1v) is 9.62. The maximum Gasteiger partial charge on any atom is 0.275 e. The van der Waals surface area contributed by atoms with Crippen molar-refractivity contribution in [3.05, 3.63) is 47.2 Å². The third kappa shape index (κ3) is 4.64. The second-order valence-electron chi connectivity index (χ2n) is 7.48. The summed E-state index contributed by atoms with van der Waals surface area (Å²) in [5.74, 6) is 0.820. The lowest BCUT2D eigenvalue weighted by Gasteiger charge is -2.30. The maximum absolute atomic E-state index is 12.7. The topological polar surface area (TPSA) is 95.8 Å². The standard InChI is InChI=1S/C21H26N4O4/c1-13-18(21(28)24(3)4)23-19(29-13)15-9-11-25(12-10-15)20(27)16-5-7-17(8-6-16)22-14(2)26/h5-8,15H,9-12H2,1-4H3,(H,22,26). The molecule has 2 heterocycles. The van der Waals surface area contributed by atoms with E-state index in [2.05, 4.69) is 10.3 Å². The van der Waals surface area contributed by atoms with Gasteiger partial charge in [0.2, 0.25) is 5.91 Å². The van der Waals surface area contributed by atoms with Gasteiger partial charge in [0, 0.05) is 51.3 Å². The van der Waals surface area contributed by atoms with Crippen LogP contribution in [0.5, 0.6) is 0 Å². The van der Waals surface area contributed by atoms with E-state index in [0.717, 1.165) is 12.8 Å². The molecule has 1 aromatic heterocycles. The summed E-state index contributed by atoms with van der Waals surface area (Å²) < 4.78 is 5.75. The highest BCUT2D eigenvalue weighted by atomic mass is 16.4. The molecule has 1 aliphatic heterocycles. The van der Waals surface area contributed by atoms with Crippen molar-refractivity contribution in [2.75, 3.05) is 32.5 Å². The van der Waals surface area contributed by atoms with E-state index in [1.54, 1.807) is 45.3 Å². The van der Waals surface area contributed by atoms with Crippen molar-refractivity contribution < 1.29 is 18.8 Å². The monoisotopic (exact) mass is 398 g/mol. The molecule has 1 fully saturated rings. The minimum absolute atomic E-state index is 0.0371. The highest BCUT2D eigenvalue weighted by molar-refractivity contribution is 5.95. The van der Waals surface area contributed by atoms with Crippen LogP contribution < -0.4 is 5.32 Å². The first-order chi connectivity index (χ1) is 13.8. The van der Waals surface area contributed by atoms with Crippen LogP contribution in [-0.2, 0) is 4.79 Å². The van der Waals surface area contributed by atoms with Crippen molar-refractivity contribution in [2.24, 2.45) is 0 Å². The number of hydrogen-bond acceptors (Lipinski definition) is 5. The Bertz CT molecular complexity index is 909. The molecule has 8 nitrogen and oxygen atoms in total. The van der Waals surface area contributed by atoms with E-state index in [0.29, 0.717) is 41.7 Å². The SMILES string of the molecule is CC(=O)Nc1ccc(C(=O)N2CCC(c3nc(C(=O)N(C)C)c(C)o3)CC2)cc1. The molecule has 1 saturated heterocycles. The summed E-state index contributed by atoms with van der Waals surface area (Å²) in [7, 11) is 3.37. The molecular formula is C21H26N4O4. The number of carbonyl (C=O) groups is 3. The molecule has 0 unspecified atom stereocenters. The van der Waals surface area contributed by atoms with Gasteiger partial charge in [-0.05, 0) is 44.0 Å². The van der Waals surface area contributed by atoms with Gasteiger partial charge in [-0.15, -0.1) is 0 Å². The molecule has 2 aromatic rings. The Hall–Kier alpha value is -3.16. The van der Waals surface area contributed by atoms with Crippen LogP contribution in [0, 0.1) is 6.92 Å². The molecule has 0 spiro atoms. The summed E-state index contributed by atoms with van der Waals surface area (Å²) in [5, 5.41) is 2.69. The number of anilines is 1. The Morgan fingerprint density at radius 1 is 1.14 bits per heavy atom. The fourth-order valence-electron chi connectivity index (χ4n) is 3.41. The van der Waals surface area contributed by atoms with Crippen molar-refractivity contribution >= 4 is 23.4 Å². The molecular weight excluding hydrogens is 372 g/mol. The number of likely N-dealkylation sites (tertiary alicyclic amines) is 1. The third-order valence-electron chi connectivity index (χ3n) is 5.01. The van der Waals surface area contributed by atoms with Gasteiger partial charge in [0.05, 0.1) is 0 Å². The zero-order valence-electron chi connectivity index (χ0n) is 17.2. The first-order valence-electron chi connectivity index (χ1n) is 9.62. The zero-order valence-corrected chi connectivity index (χ0v) is 17.2. The van der Waals surface area contributed by atoms with Crippen LogP contribution in [0.3, 0.4) is 0 Å². The molecule has 1 aromatic carbocycles. The van der Waals surface area contributed by atoms with Crippen LogP contribution in [0.4, 0.5) is 5.69 Å². The number of aryl methyl sites for hydroxylation is 1. The number of hydrogen-bond donors (Lipinski definition) is 1. The van der Waals surface area contributed by atoms with Gasteiger partial charge < -0.3 is 19.5 Å². The minimum Gasteiger partial charge on any atom is -0.445 e. The average molecular weight is 398 g/mol. The Morgan fingerprint density at radius 2 is 1.76 bits per heavy atom. The van der Waals surface area contributed by atoms with Crippen LogP contribution >= 0.6 is 0 Å². The van der Waals surface area contributed by atoms with Crippen LogP contribution in [0.2, 0.25) is 0 Å². The van der Waals surface area contributed by atoms with Crippen molar-refractivity contribution in [3.63, 3.8) is 0 Å². The molecule has 1 aliphatic rings. The minimum atomic E-state index is -0.173. The van der Waals surface area contributed by atoms with Gasteiger partial charge in [0.25, 0.3) is 11.8 Å². The van der Waals surface area contributed by atoms with Crippen LogP contribution in [0.25, 0.3) is 0 Å². The molecule has 1 N–H and O–H groups in total. The van der Waals surface area contributed by atoms with E-state index in [1.807, 2.05) is 4.90 Å². The lowest BCUT2D eigenvalue weighted by molar-refractivity contribution is -0.114. The number of piperidine rings is 1. The van der Waals surface area contributed by atoms with E-state index < -0.39 is 0 Å². The fraction of sp³-hybridized carbons (Fsp3) is 0.429. The number of benzene rings is 1. The van der Waals surface area contributed by atoms with E-state index in [4.69, 9.17) is 4.42 Å². The van der Waals surface area contributed by atoms with Gasteiger partial charge in [-0.3, -0.25) is 14.4 Å². The van der Waals surface area contributed by atoms with Gasteiger partial charge in [-0.25, -0.2) is 4.98 Å². The molecule has 3 rings (SSSR count). The molecule has 3 amide bonds. The Labute approximate surface area is 169 Å². The van der Waals surface area contributed by atoms with Gasteiger partial charge in [-0.1, -0.05) is 0 Å². The number of nitrogens with zero attached hydrogens (tertiary/aromatic N) is 3. The molecule has 154 valence electrons. The van der Waals surface area contributed by atoms with E-state index in [9.17, 15) is 14.4 Å². The fourth-order valence-corrected chi connectivity index (χ4v) is 3.41. The highest BCUT2D eigenvalue weighted by Crippen LogP contribution is 2.29. The molecule has 0 bridgehead atoms. The van der Waals surface area contributed by atoms with Gasteiger partial charge in [-0.2, -0.15) is 0 Å². The second kappa shape index (κ2) is 8.46. The van der Waals surface area contributed by atoms with Crippen molar-refractivity contribution in [1.29, 1.82) is 0 Å². The molecule has 0 aliphatic carbocycles. The number of carbonyl (C=O) groups excluding carboxylic acids is 3. The van der Waals surface area contributed by atoms with Gasteiger partial charge >= 0.3 is 0 Å². The number of rotatable bonds is 4. The van der Waals surface area contributed by atoms with Crippen LogP contribution in [0.1, 0.15) is 58.2 Å². The predicted octanol–water partition coefficient (Wildman–Crippen LogP) is 2.66. The summed E-state index contributed by atoms with van der Waals surface area (Å²) in [5.41, 5.74) is 1.60. The summed E-state index contributed by atoms with van der Waals surface area (Å²) >= 11 is 0. The van der Waals surface area contributed by atoms with Gasteiger partial charge in [0.1, 0.15) is 5.76 Å². The number of aromatic nitrogens is 1. The smallest absolute Gasteiger partial charge is 0.275 e. The number of nitrogens with one attached hydrogen (secondary N) is 1. The lowest BCUT2D eigenvalue weighted by atomic mass is 9.96. The summed E-state index contributed by atoms with van der Waals surface area (Å²) in [4.78, 5) is 43.7. The number of oxazole rings is 1. The maximum atomic E-state index is 12.7. The second-order valence-corrected chi connectivity index (χ2v) is 7.48. The van der Waals surface area contributed by atoms with Gasteiger partial charge in [0.15, 0.2) is 11.6 Å². The summed E-state index contributed by atoms with van der Waals surface area (Å²) in [6.07, 6.45) is 1.45. The van der Waals surface area contributed by atoms with Crippen LogP contribution in [0.15, 0.2) is 28.7 Å². The third-order valence-corrected chi connectivity index (χ3v) is 5.01. The quantitative estimate of drug-likeness (QED) is 0.854. The molecule has 0 radical (unpaired) electrons. The Balaban J connectivity index is 1.62. The normalized spacial score (nSPS) is 14.6. The molecule has 0 atom stereocenters. The Kier molecular flexibility index (Phi) is 6.00. The molecule has 29 heavy (non-hydrogen) atoms. The summed E-state index contributed by atoms with van der Waals surface area (Å²) in [6, 6.07) is 6.88. The predicted molar refractivity (Wildman–Crippen MR) is 108 cm³/mol.